The first-order chi connectivity index (χ1) is 7.83. The van der Waals surface area contributed by atoms with Gasteiger partial charge in [-0.15, -0.1) is 11.3 Å². The zero-order valence-corrected chi connectivity index (χ0v) is 9.66. The Balaban J connectivity index is 1.87. The second kappa shape index (κ2) is 3.95. The first kappa shape index (κ1) is 9.92. The molecule has 6 heteroatoms. The zero-order chi connectivity index (χ0) is 11.0. The molecule has 3 rings (SSSR count). The van der Waals surface area contributed by atoms with E-state index in [1.54, 1.807) is 17.5 Å². The van der Waals surface area contributed by atoms with Gasteiger partial charge in [0.15, 0.2) is 5.82 Å². The monoisotopic (exact) mass is 237 g/mol. The number of aryl methyl sites for hydroxylation is 1. The minimum Gasteiger partial charge on any atom is -0.381 e. The number of ether oxygens (including phenoxy) is 1. The molecule has 84 valence electrons. The first-order valence-electron chi connectivity index (χ1n) is 5.17. The van der Waals surface area contributed by atoms with Gasteiger partial charge in [-0.1, -0.05) is 5.16 Å². The molecule has 2 aromatic rings. The molecule has 1 aliphatic rings. The van der Waals surface area contributed by atoms with Gasteiger partial charge in [0.2, 0.25) is 0 Å². The summed E-state index contributed by atoms with van der Waals surface area (Å²) in [6.45, 7) is 3.44. The fraction of sp³-hybridized carbons (Fsp3) is 0.500. The molecule has 0 unspecified atom stereocenters. The molecule has 3 heterocycles. The highest BCUT2D eigenvalue weighted by atomic mass is 32.1. The molecule has 0 aromatic carbocycles. The maximum Gasteiger partial charge on any atom is 0.269 e. The molecule has 1 saturated heterocycles. The van der Waals surface area contributed by atoms with Gasteiger partial charge < -0.3 is 9.26 Å². The van der Waals surface area contributed by atoms with Gasteiger partial charge in [0.05, 0.1) is 17.8 Å². The van der Waals surface area contributed by atoms with E-state index in [0.717, 1.165) is 28.7 Å². The number of rotatable bonds is 2. The van der Waals surface area contributed by atoms with Crippen molar-refractivity contribution in [1.82, 2.24) is 15.1 Å². The lowest BCUT2D eigenvalue weighted by Gasteiger charge is -1.97. The fourth-order valence-corrected chi connectivity index (χ4v) is 2.40. The van der Waals surface area contributed by atoms with Crippen LogP contribution in [0.1, 0.15) is 23.2 Å². The Kier molecular flexibility index (Phi) is 2.45. The van der Waals surface area contributed by atoms with E-state index < -0.39 is 0 Å². The summed E-state index contributed by atoms with van der Waals surface area (Å²) < 4.78 is 10.5. The summed E-state index contributed by atoms with van der Waals surface area (Å²) in [4.78, 5) is 9.48. The van der Waals surface area contributed by atoms with E-state index in [2.05, 4.69) is 15.1 Å². The quantitative estimate of drug-likeness (QED) is 0.799. The van der Waals surface area contributed by atoms with Gasteiger partial charge in [-0.2, -0.15) is 4.98 Å². The van der Waals surface area contributed by atoms with Gasteiger partial charge in [-0.3, -0.25) is 0 Å². The first-order valence-corrected chi connectivity index (χ1v) is 5.99. The van der Waals surface area contributed by atoms with Gasteiger partial charge >= 0.3 is 0 Å². The van der Waals surface area contributed by atoms with Crippen LogP contribution in [-0.4, -0.2) is 28.3 Å². The molecule has 1 aliphatic heterocycles. The standard InChI is InChI=1S/C10H11N3O2S/c1-6-11-4-8(16-6)10-12-9(13-15-10)7-2-3-14-5-7/h4,7H,2-3,5H2,1H3/t7-/m1/s1. The van der Waals surface area contributed by atoms with Crippen LogP contribution in [0.4, 0.5) is 0 Å². The van der Waals surface area contributed by atoms with E-state index in [1.165, 1.54) is 0 Å². The Hall–Kier alpha value is -1.27. The summed E-state index contributed by atoms with van der Waals surface area (Å²) in [6.07, 6.45) is 2.74. The van der Waals surface area contributed by atoms with Crippen LogP contribution < -0.4 is 0 Å². The number of hydrogen-bond donors (Lipinski definition) is 0. The minimum atomic E-state index is 0.284. The summed E-state index contributed by atoms with van der Waals surface area (Å²) >= 11 is 1.56. The highest BCUT2D eigenvalue weighted by Crippen LogP contribution is 2.28. The molecule has 16 heavy (non-hydrogen) atoms. The maximum absolute atomic E-state index is 5.30. The van der Waals surface area contributed by atoms with Crippen molar-refractivity contribution in [2.75, 3.05) is 13.2 Å². The molecule has 1 fully saturated rings. The van der Waals surface area contributed by atoms with Gasteiger partial charge in [0.1, 0.15) is 4.88 Å². The number of thiazole rings is 1. The molecule has 0 aliphatic carbocycles. The van der Waals surface area contributed by atoms with E-state index in [1.807, 2.05) is 6.92 Å². The van der Waals surface area contributed by atoms with Gasteiger partial charge in [-0.05, 0) is 13.3 Å². The van der Waals surface area contributed by atoms with Crippen molar-refractivity contribution in [2.45, 2.75) is 19.3 Å². The predicted octanol–water partition coefficient (Wildman–Crippen LogP) is 2.01. The van der Waals surface area contributed by atoms with Crippen molar-refractivity contribution in [3.05, 3.63) is 17.0 Å². The smallest absolute Gasteiger partial charge is 0.269 e. The molecule has 0 radical (unpaired) electrons. The molecular weight excluding hydrogens is 226 g/mol. The Morgan fingerprint density at radius 1 is 1.50 bits per heavy atom. The van der Waals surface area contributed by atoms with Gasteiger partial charge in [-0.25, -0.2) is 4.98 Å². The van der Waals surface area contributed by atoms with Crippen molar-refractivity contribution in [1.29, 1.82) is 0 Å². The fourth-order valence-electron chi connectivity index (χ4n) is 1.70. The summed E-state index contributed by atoms with van der Waals surface area (Å²) in [6, 6.07) is 0. The molecule has 5 nitrogen and oxygen atoms in total. The van der Waals surface area contributed by atoms with Crippen LogP contribution in [0.25, 0.3) is 10.8 Å². The van der Waals surface area contributed by atoms with Crippen molar-refractivity contribution in [2.24, 2.45) is 0 Å². The summed E-state index contributed by atoms with van der Waals surface area (Å²) in [7, 11) is 0. The average Bonchev–Trinajstić information content (AvgIpc) is 2.97. The SMILES string of the molecule is Cc1ncc(-c2nc([C@@H]3CCOC3)no2)s1. The van der Waals surface area contributed by atoms with E-state index in [9.17, 15) is 0 Å². The molecular formula is C10H11N3O2S. The van der Waals surface area contributed by atoms with E-state index in [-0.39, 0.29) is 5.92 Å². The van der Waals surface area contributed by atoms with Crippen LogP contribution in [0, 0.1) is 6.92 Å². The molecule has 0 saturated carbocycles. The highest BCUT2D eigenvalue weighted by Gasteiger charge is 2.23. The van der Waals surface area contributed by atoms with Crippen molar-refractivity contribution < 1.29 is 9.26 Å². The van der Waals surface area contributed by atoms with Crippen molar-refractivity contribution in [3.8, 4) is 10.8 Å². The topological polar surface area (TPSA) is 61.0 Å². The molecule has 2 aromatic heterocycles. The Morgan fingerprint density at radius 3 is 3.12 bits per heavy atom. The average molecular weight is 237 g/mol. The second-order valence-corrected chi connectivity index (χ2v) is 5.00. The van der Waals surface area contributed by atoms with E-state index in [4.69, 9.17) is 9.26 Å². The van der Waals surface area contributed by atoms with Crippen LogP contribution in [0.2, 0.25) is 0 Å². The van der Waals surface area contributed by atoms with Crippen LogP contribution >= 0.6 is 11.3 Å². The van der Waals surface area contributed by atoms with Crippen molar-refractivity contribution in [3.63, 3.8) is 0 Å². The molecule has 1 atom stereocenters. The summed E-state index contributed by atoms with van der Waals surface area (Å²) in [5, 5.41) is 5.00. The van der Waals surface area contributed by atoms with Gasteiger partial charge in [0, 0.05) is 12.5 Å². The minimum absolute atomic E-state index is 0.284. The lowest BCUT2D eigenvalue weighted by molar-refractivity contribution is 0.192. The van der Waals surface area contributed by atoms with Crippen LogP contribution in [0.15, 0.2) is 10.7 Å². The molecule has 0 bridgehead atoms. The lowest BCUT2D eigenvalue weighted by Crippen LogP contribution is -1.99. The molecule has 0 N–H and O–H groups in total. The van der Waals surface area contributed by atoms with E-state index >= 15 is 0 Å². The van der Waals surface area contributed by atoms with Crippen LogP contribution in [0.5, 0.6) is 0 Å². The number of aromatic nitrogens is 3. The lowest BCUT2D eigenvalue weighted by atomic mass is 10.1. The third kappa shape index (κ3) is 1.74. The van der Waals surface area contributed by atoms with Crippen molar-refractivity contribution >= 4 is 11.3 Å². The highest BCUT2D eigenvalue weighted by molar-refractivity contribution is 7.14. The predicted molar refractivity (Wildman–Crippen MR) is 58.3 cm³/mol. The Bertz CT molecular complexity index is 488. The molecule has 0 spiro atoms. The van der Waals surface area contributed by atoms with E-state index in [0.29, 0.717) is 12.5 Å². The Labute approximate surface area is 96.5 Å². The third-order valence-corrected chi connectivity index (χ3v) is 3.47. The Morgan fingerprint density at radius 2 is 2.44 bits per heavy atom. The third-order valence-electron chi connectivity index (χ3n) is 2.57. The van der Waals surface area contributed by atoms with Crippen LogP contribution in [-0.2, 0) is 4.74 Å². The maximum atomic E-state index is 5.30. The van der Waals surface area contributed by atoms with Gasteiger partial charge in [0.25, 0.3) is 5.89 Å². The largest absolute Gasteiger partial charge is 0.381 e. The second-order valence-electron chi connectivity index (χ2n) is 3.76. The normalized spacial score (nSPS) is 20.4. The molecule has 0 amide bonds. The number of nitrogens with zero attached hydrogens (tertiary/aromatic N) is 3. The zero-order valence-electron chi connectivity index (χ0n) is 8.84. The summed E-state index contributed by atoms with van der Waals surface area (Å²) in [5.41, 5.74) is 0. The number of hydrogen-bond acceptors (Lipinski definition) is 6. The summed E-state index contributed by atoms with van der Waals surface area (Å²) in [5.74, 6) is 1.59. The van der Waals surface area contributed by atoms with Crippen LogP contribution in [0.3, 0.4) is 0 Å².